The minimum Gasteiger partial charge on any atom is -0.481 e. The van der Waals surface area contributed by atoms with Gasteiger partial charge in [0, 0.05) is 6.42 Å². The maximum atomic E-state index is 10.5. The van der Waals surface area contributed by atoms with Crippen molar-refractivity contribution in [2.75, 3.05) is 6.54 Å². The fourth-order valence-corrected chi connectivity index (χ4v) is 2.09. The number of carbonyl (C=O) groups is 1. The largest absolute Gasteiger partial charge is 0.481 e. The van der Waals surface area contributed by atoms with E-state index in [4.69, 9.17) is 10.8 Å². The number of carboxylic acid groups (broad SMARTS) is 1. The molecule has 0 spiro atoms. The van der Waals surface area contributed by atoms with Crippen LogP contribution in [0.5, 0.6) is 0 Å². The molecule has 1 aliphatic rings. The Balaban J connectivity index is 2.41. The summed E-state index contributed by atoms with van der Waals surface area (Å²) in [5.74, 6) is 0.108. The fourth-order valence-electron chi connectivity index (χ4n) is 2.09. The number of aliphatic carboxylic acids is 1. The van der Waals surface area contributed by atoms with E-state index in [-0.39, 0.29) is 0 Å². The molecule has 0 aromatic rings. The number of carboxylic acids is 1. The molecule has 0 unspecified atom stereocenters. The summed E-state index contributed by atoms with van der Waals surface area (Å²) in [6, 6.07) is 0. The van der Waals surface area contributed by atoms with Gasteiger partial charge in [-0.2, -0.15) is 0 Å². The van der Waals surface area contributed by atoms with Crippen LogP contribution in [0.2, 0.25) is 0 Å². The van der Waals surface area contributed by atoms with Crippen LogP contribution in [0.1, 0.15) is 32.1 Å². The predicted molar refractivity (Wildman–Crippen MR) is 46.8 cm³/mol. The second-order valence-electron chi connectivity index (χ2n) is 3.64. The first-order chi connectivity index (χ1) is 5.74. The third-order valence-corrected chi connectivity index (χ3v) is 2.81. The first kappa shape index (κ1) is 9.52. The Morgan fingerprint density at radius 3 is 2.42 bits per heavy atom. The molecule has 0 amide bonds. The minimum absolute atomic E-state index is 0.307. The number of nitrogens with two attached hydrogens (primary N) is 1. The zero-order valence-corrected chi connectivity index (χ0v) is 7.33. The molecule has 0 aromatic carbocycles. The normalized spacial score (nSPS) is 30.1. The smallest absolute Gasteiger partial charge is 0.303 e. The van der Waals surface area contributed by atoms with Crippen molar-refractivity contribution in [3.05, 3.63) is 0 Å². The molecule has 1 saturated carbocycles. The van der Waals surface area contributed by atoms with E-state index in [0.717, 1.165) is 12.8 Å². The molecule has 0 aliphatic heterocycles. The zero-order chi connectivity index (χ0) is 8.97. The predicted octanol–water partition coefficient (Wildman–Crippen LogP) is 1.23. The fraction of sp³-hybridized carbons (Fsp3) is 0.889. The Morgan fingerprint density at radius 1 is 1.33 bits per heavy atom. The average molecular weight is 171 g/mol. The lowest BCUT2D eigenvalue weighted by Gasteiger charge is -2.29. The first-order valence-corrected chi connectivity index (χ1v) is 4.66. The monoisotopic (exact) mass is 171 g/mol. The third-order valence-electron chi connectivity index (χ3n) is 2.81. The molecule has 0 saturated heterocycles. The highest BCUT2D eigenvalue weighted by atomic mass is 16.4. The average Bonchev–Trinajstić information content (AvgIpc) is 2.04. The topological polar surface area (TPSA) is 63.3 Å². The minimum atomic E-state index is -0.680. The first-order valence-electron chi connectivity index (χ1n) is 4.66. The molecule has 3 N–H and O–H groups in total. The van der Waals surface area contributed by atoms with Gasteiger partial charge < -0.3 is 10.8 Å². The Bertz CT molecular complexity index is 159. The van der Waals surface area contributed by atoms with Crippen LogP contribution in [0.3, 0.4) is 0 Å². The lowest BCUT2D eigenvalue weighted by atomic mass is 9.77. The van der Waals surface area contributed by atoms with Crippen LogP contribution < -0.4 is 5.73 Å². The second-order valence-corrected chi connectivity index (χ2v) is 3.64. The van der Waals surface area contributed by atoms with E-state index < -0.39 is 5.97 Å². The van der Waals surface area contributed by atoms with Gasteiger partial charge in [0.15, 0.2) is 0 Å². The van der Waals surface area contributed by atoms with Gasteiger partial charge >= 0.3 is 5.97 Å². The van der Waals surface area contributed by atoms with Gasteiger partial charge in [-0.1, -0.05) is 12.8 Å². The lowest BCUT2D eigenvalue weighted by Crippen LogP contribution is -2.28. The van der Waals surface area contributed by atoms with Crippen molar-refractivity contribution in [2.45, 2.75) is 32.1 Å². The Labute approximate surface area is 72.9 Å². The van der Waals surface area contributed by atoms with Crippen molar-refractivity contribution in [1.82, 2.24) is 0 Å². The molecule has 1 rings (SSSR count). The van der Waals surface area contributed by atoms with Crippen LogP contribution in [0.25, 0.3) is 0 Å². The molecule has 1 fully saturated rings. The van der Waals surface area contributed by atoms with Crippen LogP contribution >= 0.6 is 0 Å². The zero-order valence-electron chi connectivity index (χ0n) is 7.33. The van der Waals surface area contributed by atoms with Crippen LogP contribution in [0.4, 0.5) is 0 Å². The molecule has 0 radical (unpaired) electrons. The molecule has 70 valence electrons. The van der Waals surface area contributed by atoms with E-state index in [1.165, 1.54) is 12.8 Å². The summed E-state index contributed by atoms with van der Waals surface area (Å²) >= 11 is 0. The van der Waals surface area contributed by atoms with Crippen LogP contribution in [0, 0.1) is 11.8 Å². The highest BCUT2D eigenvalue weighted by Crippen LogP contribution is 2.31. The van der Waals surface area contributed by atoms with Crippen molar-refractivity contribution in [2.24, 2.45) is 17.6 Å². The molecule has 0 bridgehead atoms. The Kier molecular flexibility index (Phi) is 3.53. The van der Waals surface area contributed by atoms with Crippen LogP contribution in [-0.2, 0) is 4.79 Å². The van der Waals surface area contributed by atoms with Crippen molar-refractivity contribution >= 4 is 5.97 Å². The molecule has 0 aromatic heterocycles. The summed E-state index contributed by atoms with van der Waals surface area (Å²) in [6.45, 7) is 0.651. The van der Waals surface area contributed by atoms with Crippen LogP contribution in [0.15, 0.2) is 0 Å². The Morgan fingerprint density at radius 2 is 1.92 bits per heavy atom. The van der Waals surface area contributed by atoms with E-state index in [9.17, 15) is 4.79 Å². The number of hydrogen-bond donors (Lipinski definition) is 2. The van der Waals surface area contributed by atoms with Crippen molar-refractivity contribution in [3.63, 3.8) is 0 Å². The molecule has 1 aliphatic carbocycles. The van der Waals surface area contributed by atoms with Gasteiger partial charge in [-0.05, 0) is 31.2 Å². The van der Waals surface area contributed by atoms with E-state index in [1.54, 1.807) is 0 Å². The summed E-state index contributed by atoms with van der Waals surface area (Å²) in [4.78, 5) is 10.5. The number of hydrogen-bond acceptors (Lipinski definition) is 2. The van der Waals surface area contributed by atoms with Crippen molar-refractivity contribution in [3.8, 4) is 0 Å². The van der Waals surface area contributed by atoms with Crippen molar-refractivity contribution in [1.29, 1.82) is 0 Å². The summed E-state index contributed by atoms with van der Waals surface area (Å²) in [6.07, 6.45) is 4.87. The van der Waals surface area contributed by atoms with Gasteiger partial charge in [0.2, 0.25) is 0 Å². The van der Waals surface area contributed by atoms with E-state index >= 15 is 0 Å². The highest BCUT2D eigenvalue weighted by molar-refractivity contribution is 5.67. The van der Waals surface area contributed by atoms with Gasteiger partial charge in [0.1, 0.15) is 0 Å². The maximum Gasteiger partial charge on any atom is 0.303 e. The maximum absolute atomic E-state index is 10.5. The summed E-state index contributed by atoms with van der Waals surface area (Å²) < 4.78 is 0. The molecular formula is C9H17NO2. The van der Waals surface area contributed by atoms with Gasteiger partial charge in [0.25, 0.3) is 0 Å². The summed E-state index contributed by atoms with van der Waals surface area (Å²) in [7, 11) is 0. The van der Waals surface area contributed by atoms with Crippen molar-refractivity contribution < 1.29 is 9.90 Å². The van der Waals surface area contributed by atoms with E-state index in [2.05, 4.69) is 0 Å². The molecule has 3 nitrogen and oxygen atoms in total. The SMILES string of the molecule is NC[C@@H]1CCCC[C@H]1CC(=O)O. The third kappa shape index (κ3) is 2.48. The number of rotatable bonds is 3. The molecule has 2 atom stereocenters. The van der Waals surface area contributed by atoms with Gasteiger partial charge in [-0.3, -0.25) is 4.79 Å². The van der Waals surface area contributed by atoms with Crippen LogP contribution in [-0.4, -0.2) is 17.6 Å². The highest BCUT2D eigenvalue weighted by Gasteiger charge is 2.25. The van der Waals surface area contributed by atoms with Gasteiger partial charge in [-0.25, -0.2) is 0 Å². The second kappa shape index (κ2) is 4.45. The Hall–Kier alpha value is -0.570. The quantitative estimate of drug-likeness (QED) is 0.671. The summed E-state index contributed by atoms with van der Waals surface area (Å²) in [5, 5.41) is 8.64. The summed E-state index contributed by atoms with van der Waals surface area (Å²) in [5.41, 5.74) is 5.58. The van der Waals surface area contributed by atoms with E-state index in [0.29, 0.717) is 24.8 Å². The van der Waals surface area contributed by atoms with Gasteiger partial charge in [-0.15, -0.1) is 0 Å². The molecular weight excluding hydrogens is 154 g/mol. The molecule has 3 heteroatoms. The van der Waals surface area contributed by atoms with E-state index in [1.807, 2.05) is 0 Å². The molecule has 12 heavy (non-hydrogen) atoms. The van der Waals surface area contributed by atoms with Gasteiger partial charge in [0.05, 0.1) is 0 Å². The lowest BCUT2D eigenvalue weighted by molar-refractivity contribution is -0.138. The standard InChI is InChI=1S/C9H17NO2/c10-6-8-4-2-1-3-7(8)5-9(11)12/h7-8H,1-6,10H2,(H,11,12)/t7-,8-/m0/s1. The molecule has 0 heterocycles.